The summed E-state index contributed by atoms with van der Waals surface area (Å²) in [5.41, 5.74) is 9.94. The zero-order chi connectivity index (χ0) is 32.3. The first-order chi connectivity index (χ1) is 23.7. The van der Waals surface area contributed by atoms with Gasteiger partial charge in [-0.2, -0.15) is 0 Å². The number of fused-ring (bicyclic) bond motifs is 3. The molecule has 4 aromatic carbocycles. The van der Waals surface area contributed by atoms with E-state index in [9.17, 15) is 0 Å². The van der Waals surface area contributed by atoms with Crippen LogP contribution in [0.25, 0.3) is 67.0 Å². The molecule has 0 radical (unpaired) electrons. The Kier molecular flexibility index (Phi) is 7.89. The molecule has 2 aliphatic carbocycles. The van der Waals surface area contributed by atoms with Gasteiger partial charge in [0.15, 0.2) is 17.5 Å². The molecule has 0 saturated heterocycles. The molecule has 0 fully saturated rings. The van der Waals surface area contributed by atoms with Crippen molar-refractivity contribution in [2.24, 2.45) is 0 Å². The summed E-state index contributed by atoms with van der Waals surface area (Å²) in [6, 6.07) is 31.4. The highest BCUT2D eigenvalue weighted by Gasteiger charge is 2.20. The van der Waals surface area contributed by atoms with E-state index in [1.54, 1.807) is 0 Å². The molecule has 2 aromatic heterocycles. The van der Waals surface area contributed by atoms with Crippen LogP contribution in [0, 0.1) is 0 Å². The highest BCUT2D eigenvalue weighted by molar-refractivity contribution is 6.12. The van der Waals surface area contributed by atoms with Gasteiger partial charge < -0.3 is 4.42 Å². The first-order valence-electron chi connectivity index (χ1n) is 16.3. The number of nitrogens with zero attached hydrogens (tertiary/aromatic N) is 3. The Morgan fingerprint density at radius 2 is 1.33 bits per heavy atom. The zero-order valence-electron chi connectivity index (χ0n) is 26.5. The molecular formula is C44H33N3O. The zero-order valence-corrected chi connectivity index (χ0v) is 26.5. The number of hydrogen-bond donors (Lipinski definition) is 0. The van der Waals surface area contributed by atoms with Crippen LogP contribution in [0.3, 0.4) is 0 Å². The first kappa shape index (κ1) is 29.3. The molecule has 2 aliphatic rings. The highest BCUT2D eigenvalue weighted by Crippen LogP contribution is 2.39. The van der Waals surface area contributed by atoms with Crippen LogP contribution in [0.4, 0.5) is 0 Å². The SMILES string of the molecule is C=C1C=C/C=C(/c2cc(-c3nc(C4=CCCC=C4)nc(-c4ccc(-c5ccccc5)cc4)n3)c3c(c2)oc2ccccc23)C/C=C\C=C/1. The van der Waals surface area contributed by atoms with Gasteiger partial charge in [0.25, 0.3) is 0 Å². The van der Waals surface area contributed by atoms with E-state index in [1.165, 1.54) is 5.56 Å². The van der Waals surface area contributed by atoms with Crippen LogP contribution in [0.1, 0.15) is 30.7 Å². The van der Waals surface area contributed by atoms with Gasteiger partial charge in [-0.15, -0.1) is 0 Å². The molecule has 8 rings (SSSR count). The molecule has 0 bridgehead atoms. The predicted molar refractivity (Wildman–Crippen MR) is 199 cm³/mol. The Morgan fingerprint density at radius 3 is 2.19 bits per heavy atom. The van der Waals surface area contributed by atoms with Gasteiger partial charge in [-0.3, -0.25) is 0 Å². The number of furan rings is 1. The summed E-state index contributed by atoms with van der Waals surface area (Å²) in [6.07, 6.45) is 23.7. The van der Waals surface area contributed by atoms with E-state index in [0.717, 1.165) is 80.2 Å². The van der Waals surface area contributed by atoms with Crippen LogP contribution < -0.4 is 0 Å². The van der Waals surface area contributed by atoms with Gasteiger partial charge in [0.2, 0.25) is 0 Å². The number of benzene rings is 4. The number of hydrogen-bond acceptors (Lipinski definition) is 4. The van der Waals surface area contributed by atoms with E-state index >= 15 is 0 Å². The molecule has 6 aromatic rings. The molecule has 0 unspecified atom stereocenters. The fraction of sp³-hybridized carbons (Fsp3) is 0.0682. The van der Waals surface area contributed by atoms with Gasteiger partial charge >= 0.3 is 0 Å². The average Bonchev–Trinajstić information content (AvgIpc) is 3.53. The molecule has 0 N–H and O–H groups in total. The molecule has 0 spiro atoms. The summed E-state index contributed by atoms with van der Waals surface area (Å²) in [4.78, 5) is 15.4. The fourth-order valence-electron chi connectivity index (χ4n) is 6.27. The lowest BCUT2D eigenvalue weighted by Gasteiger charge is -2.13. The lowest BCUT2D eigenvalue weighted by molar-refractivity contribution is 0.669. The van der Waals surface area contributed by atoms with Crippen molar-refractivity contribution in [3.8, 4) is 33.9 Å². The number of allylic oxidation sites excluding steroid dienone is 13. The van der Waals surface area contributed by atoms with Gasteiger partial charge in [0, 0.05) is 27.5 Å². The molecule has 48 heavy (non-hydrogen) atoms. The van der Waals surface area contributed by atoms with Gasteiger partial charge in [0.1, 0.15) is 11.2 Å². The molecule has 0 atom stereocenters. The predicted octanol–water partition coefficient (Wildman–Crippen LogP) is 11.5. The topological polar surface area (TPSA) is 51.8 Å². The van der Waals surface area contributed by atoms with Crippen molar-refractivity contribution in [2.45, 2.75) is 19.3 Å². The van der Waals surface area contributed by atoms with Crippen LogP contribution in [-0.4, -0.2) is 15.0 Å². The second kappa shape index (κ2) is 12.9. The minimum Gasteiger partial charge on any atom is -0.456 e. The van der Waals surface area contributed by atoms with Crippen molar-refractivity contribution >= 4 is 33.1 Å². The van der Waals surface area contributed by atoms with Crippen LogP contribution in [0.15, 0.2) is 168 Å². The van der Waals surface area contributed by atoms with E-state index in [1.807, 2.05) is 42.5 Å². The van der Waals surface area contributed by atoms with Crippen molar-refractivity contribution in [1.29, 1.82) is 0 Å². The van der Waals surface area contributed by atoms with E-state index in [2.05, 4.69) is 116 Å². The van der Waals surface area contributed by atoms with Crippen molar-refractivity contribution < 1.29 is 4.42 Å². The number of para-hydroxylation sites is 1. The Morgan fingerprint density at radius 1 is 0.583 bits per heavy atom. The second-order valence-electron chi connectivity index (χ2n) is 12.0. The molecular weight excluding hydrogens is 587 g/mol. The molecule has 0 saturated carbocycles. The summed E-state index contributed by atoms with van der Waals surface area (Å²) in [7, 11) is 0. The van der Waals surface area contributed by atoms with Crippen molar-refractivity contribution in [1.82, 2.24) is 15.0 Å². The van der Waals surface area contributed by atoms with Gasteiger partial charge in [0.05, 0.1) is 0 Å². The van der Waals surface area contributed by atoms with E-state index in [4.69, 9.17) is 19.4 Å². The fourth-order valence-corrected chi connectivity index (χ4v) is 6.27. The highest BCUT2D eigenvalue weighted by atomic mass is 16.3. The van der Waals surface area contributed by atoms with Gasteiger partial charge in [-0.05, 0) is 65.3 Å². The normalized spacial score (nSPS) is 17.2. The van der Waals surface area contributed by atoms with Crippen molar-refractivity contribution in [3.05, 3.63) is 175 Å². The van der Waals surface area contributed by atoms with Crippen LogP contribution in [0.2, 0.25) is 0 Å². The summed E-state index contributed by atoms with van der Waals surface area (Å²) in [6.45, 7) is 4.12. The molecule has 4 nitrogen and oxygen atoms in total. The molecule has 2 heterocycles. The van der Waals surface area contributed by atoms with E-state index in [-0.39, 0.29) is 0 Å². The standard InChI is InChI=1S/C44H33N3O/c1-30-14-5-2-6-18-32(21-13-15-30)36-28-38(41-37-22-11-12-23-39(37)48-40(41)29-36)44-46-42(34-19-9-4-10-20-34)45-43(47-44)35-26-24-33(25-27-35)31-16-7-3-8-17-31/h2-3,5-9,11-17,19-29H,1,4,10,18H2/b6-2-,14-5-,15-13?,32-21+. The maximum atomic E-state index is 6.50. The number of rotatable bonds is 5. The summed E-state index contributed by atoms with van der Waals surface area (Å²) in [5, 5.41) is 2.02. The summed E-state index contributed by atoms with van der Waals surface area (Å²) >= 11 is 0. The maximum Gasteiger partial charge on any atom is 0.164 e. The monoisotopic (exact) mass is 619 g/mol. The van der Waals surface area contributed by atoms with Crippen LogP contribution in [0.5, 0.6) is 0 Å². The third-order valence-electron chi connectivity index (χ3n) is 8.73. The smallest absolute Gasteiger partial charge is 0.164 e. The molecule has 230 valence electrons. The Balaban J connectivity index is 1.34. The third kappa shape index (κ3) is 5.92. The molecule has 0 aliphatic heterocycles. The maximum absolute atomic E-state index is 6.50. The minimum absolute atomic E-state index is 0.614. The lowest BCUT2D eigenvalue weighted by atomic mass is 9.95. The summed E-state index contributed by atoms with van der Waals surface area (Å²) in [5.74, 6) is 1.91. The molecule has 0 amide bonds. The van der Waals surface area contributed by atoms with E-state index in [0.29, 0.717) is 17.5 Å². The van der Waals surface area contributed by atoms with Crippen LogP contribution >= 0.6 is 0 Å². The van der Waals surface area contributed by atoms with Gasteiger partial charge in [-0.1, -0.05) is 140 Å². The third-order valence-corrected chi connectivity index (χ3v) is 8.73. The minimum atomic E-state index is 0.614. The quantitative estimate of drug-likeness (QED) is 0.193. The lowest BCUT2D eigenvalue weighted by Crippen LogP contribution is -2.03. The average molecular weight is 620 g/mol. The van der Waals surface area contributed by atoms with Crippen molar-refractivity contribution in [2.75, 3.05) is 0 Å². The Labute approximate surface area is 280 Å². The van der Waals surface area contributed by atoms with Gasteiger partial charge in [-0.25, -0.2) is 15.0 Å². The Bertz CT molecular complexity index is 2360. The van der Waals surface area contributed by atoms with Crippen LogP contribution in [-0.2, 0) is 0 Å². The number of aromatic nitrogens is 3. The van der Waals surface area contributed by atoms with Crippen molar-refractivity contribution in [3.63, 3.8) is 0 Å². The largest absolute Gasteiger partial charge is 0.456 e. The molecule has 4 heteroatoms. The summed E-state index contributed by atoms with van der Waals surface area (Å²) < 4.78 is 6.50. The Hall–Kier alpha value is -6.13. The van der Waals surface area contributed by atoms with E-state index < -0.39 is 0 Å². The first-order valence-corrected chi connectivity index (χ1v) is 16.3. The second-order valence-corrected chi connectivity index (χ2v) is 12.0.